The lowest BCUT2D eigenvalue weighted by molar-refractivity contribution is -0.114. The maximum absolute atomic E-state index is 10.6. The molecule has 1 heterocycles. The highest BCUT2D eigenvalue weighted by Crippen LogP contribution is 2.13. The van der Waals surface area contributed by atoms with Gasteiger partial charge in [0.05, 0.1) is 10.7 Å². The summed E-state index contributed by atoms with van der Waals surface area (Å²) in [5.41, 5.74) is 0. The van der Waals surface area contributed by atoms with Crippen molar-refractivity contribution in [2.24, 2.45) is 0 Å². The quantitative estimate of drug-likeness (QED) is 0.737. The van der Waals surface area contributed by atoms with Crippen molar-refractivity contribution in [2.45, 2.75) is 13.0 Å². The normalized spacial score (nSPS) is 13.0. The van der Waals surface area contributed by atoms with Gasteiger partial charge in [-0.2, -0.15) is 5.10 Å². The van der Waals surface area contributed by atoms with E-state index in [1.54, 1.807) is 19.3 Å². The minimum atomic E-state index is -0.416. The molecule has 60 valence electrons. The first-order valence-corrected chi connectivity index (χ1v) is 4.17. The Morgan fingerprint density at radius 2 is 2.55 bits per heavy atom. The Bertz CT molecular complexity index is 273. The van der Waals surface area contributed by atoms with Crippen LogP contribution >= 0.6 is 27.5 Å². The molecule has 0 saturated carbocycles. The molecule has 0 aliphatic heterocycles. The standard InChI is InChI=1S/C6H6BrClN2O/c1-4(6(8)11)10-3-5(7)2-9-10/h2-4H,1H3. The van der Waals surface area contributed by atoms with E-state index in [1.807, 2.05) is 0 Å². The van der Waals surface area contributed by atoms with Crippen LogP contribution in [0.3, 0.4) is 0 Å². The Kier molecular flexibility index (Phi) is 2.67. The van der Waals surface area contributed by atoms with Gasteiger partial charge in [0, 0.05) is 6.20 Å². The molecule has 0 saturated heterocycles. The summed E-state index contributed by atoms with van der Waals surface area (Å²) in [5.74, 6) is 0. The van der Waals surface area contributed by atoms with E-state index in [4.69, 9.17) is 11.6 Å². The monoisotopic (exact) mass is 236 g/mol. The lowest BCUT2D eigenvalue weighted by Gasteiger charge is -2.04. The SMILES string of the molecule is CC(C(=O)Cl)n1cc(Br)cn1. The van der Waals surface area contributed by atoms with E-state index in [1.165, 1.54) is 4.68 Å². The van der Waals surface area contributed by atoms with Crippen LogP contribution in [0.5, 0.6) is 0 Å². The van der Waals surface area contributed by atoms with Crippen molar-refractivity contribution in [3.63, 3.8) is 0 Å². The first-order valence-electron chi connectivity index (χ1n) is 3.00. The molecule has 1 atom stereocenters. The van der Waals surface area contributed by atoms with E-state index in [9.17, 15) is 4.79 Å². The molecule has 0 aliphatic rings. The van der Waals surface area contributed by atoms with Crippen molar-refractivity contribution in [1.82, 2.24) is 9.78 Å². The molecule has 0 aliphatic carbocycles. The molecular formula is C6H6BrClN2O. The van der Waals surface area contributed by atoms with Crippen molar-refractivity contribution in [2.75, 3.05) is 0 Å². The fraction of sp³-hybridized carbons (Fsp3) is 0.333. The van der Waals surface area contributed by atoms with Crippen molar-refractivity contribution in [1.29, 1.82) is 0 Å². The van der Waals surface area contributed by atoms with E-state index < -0.39 is 11.3 Å². The van der Waals surface area contributed by atoms with Gasteiger partial charge in [0.1, 0.15) is 6.04 Å². The zero-order chi connectivity index (χ0) is 8.43. The fourth-order valence-electron chi connectivity index (χ4n) is 0.631. The lowest BCUT2D eigenvalue weighted by Crippen LogP contribution is -2.11. The molecule has 1 rings (SSSR count). The minimum absolute atomic E-state index is 0.400. The third-order valence-electron chi connectivity index (χ3n) is 1.30. The second kappa shape index (κ2) is 3.36. The number of hydrogen-bond acceptors (Lipinski definition) is 2. The maximum Gasteiger partial charge on any atom is 0.245 e. The summed E-state index contributed by atoms with van der Waals surface area (Å²) >= 11 is 8.47. The molecule has 0 spiro atoms. The Balaban J connectivity index is 2.84. The number of carbonyl (C=O) groups is 1. The van der Waals surface area contributed by atoms with Crippen LogP contribution in [0, 0.1) is 0 Å². The van der Waals surface area contributed by atoms with E-state index in [0.717, 1.165) is 4.47 Å². The van der Waals surface area contributed by atoms with Crippen LogP contribution in [-0.2, 0) is 4.79 Å². The summed E-state index contributed by atoms with van der Waals surface area (Å²) in [6.07, 6.45) is 3.31. The average Bonchev–Trinajstić information content (AvgIpc) is 2.34. The summed E-state index contributed by atoms with van der Waals surface area (Å²) in [4.78, 5) is 10.6. The van der Waals surface area contributed by atoms with Gasteiger partial charge in [-0.25, -0.2) is 0 Å². The zero-order valence-corrected chi connectivity index (χ0v) is 8.13. The molecular weight excluding hydrogens is 231 g/mol. The van der Waals surface area contributed by atoms with E-state index in [0.29, 0.717) is 0 Å². The van der Waals surface area contributed by atoms with E-state index in [-0.39, 0.29) is 0 Å². The van der Waals surface area contributed by atoms with Crippen LogP contribution in [-0.4, -0.2) is 15.0 Å². The Morgan fingerprint density at radius 3 is 2.91 bits per heavy atom. The molecule has 1 aromatic heterocycles. The van der Waals surface area contributed by atoms with Crippen molar-refractivity contribution in [3.05, 3.63) is 16.9 Å². The van der Waals surface area contributed by atoms with Crippen molar-refractivity contribution in [3.8, 4) is 0 Å². The smallest absolute Gasteiger partial charge is 0.245 e. The summed E-state index contributed by atoms with van der Waals surface area (Å²) < 4.78 is 2.33. The number of aromatic nitrogens is 2. The minimum Gasteiger partial charge on any atom is -0.279 e. The number of hydrogen-bond donors (Lipinski definition) is 0. The highest BCUT2D eigenvalue weighted by molar-refractivity contribution is 9.10. The Morgan fingerprint density at radius 1 is 1.91 bits per heavy atom. The second-order valence-corrected chi connectivity index (χ2v) is 3.41. The highest BCUT2D eigenvalue weighted by atomic mass is 79.9. The number of carbonyl (C=O) groups excluding carboxylic acids is 1. The summed E-state index contributed by atoms with van der Waals surface area (Å²) in [6, 6.07) is -0.400. The second-order valence-electron chi connectivity index (χ2n) is 2.12. The third-order valence-corrected chi connectivity index (χ3v) is 2.02. The third kappa shape index (κ3) is 2.04. The summed E-state index contributed by atoms with van der Waals surface area (Å²) in [5, 5.41) is 3.49. The topological polar surface area (TPSA) is 34.9 Å². The van der Waals surface area contributed by atoms with Gasteiger partial charge in [-0.1, -0.05) is 0 Å². The molecule has 5 heteroatoms. The fourth-order valence-corrected chi connectivity index (χ4v) is 1.03. The largest absolute Gasteiger partial charge is 0.279 e. The predicted molar refractivity (Wildman–Crippen MR) is 45.5 cm³/mol. The number of nitrogens with zero attached hydrogens (tertiary/aromatic N) is 2. The zero-order valence-electron chi connectivity index (χ0n) is 5.79. The number of rotatable bonds is 2. The van der Waals surface area contributed by atoms with Gasteiger partial charge < -0.3 is 0 Å². The van der Waals surface area contributed by atoms with E-state index in [2.05, 4.69) is 21.0 Å². The van der Waals surface area contributed by atoms with Gasteiger partial charge in [-0.05, 0) is 34.5 Å². The van der Waals surface area contributed by atoms with Crippen LogP contribution in [0.15, 0.2) is 16.9 Å². The van der Waals surface area contributed by atoms with Crippen molar-refractivity contribution < 1.29 is 4.79 Å². The lowest BCUT2D eigenvalue weighted by atomic mass is 10.4. The van der Waals surface area contributed by atoms with Crippen LogP contribution in [0.2, 0.25) is 0 Å². The van der Waals surface area contributed by atoms with Crippen LogP contribution in [0.1, 0.15) is 13.0 Å². The maximum atomic E-state index is 10.6. The molecule has 1 unspecified atom stereocenters. The van der Waals surface area contributed by atoms with Gasteiger partial charge in [-0.15, -0.1) is 0 Å². The molecule has 0 radical (unpaired) electrons. The predicted octanol–water partition coefficient (Wildman–Crippen LogP) is 1.97. The molecule has 1 aromatic rings. The van der Waals surface area contributed by atoms with Gasteiger partial charge >= 0.3 is 0 Å². The molecule has 0 bridgehead atoms. The molecule has 0 fully saturated rings. The Labute approximate surface area is 77.5 Å². The summed E-state index contributed by atoms with van der Waals surface area (Å²) in [7, 11) is 0. The molecule has 0 N–H and O–H groups in total. The Hall–Kier alpha value is -0.350. The van der Waals surface area contributed by atoms with Crippen LogP contribution < -0.4 is 0 Å². The van der Waals surface area contributed by atoms with Gasteiger partial charge in [0.25, 0.3) is 0 Å². The van der Waals surface area contributed by atoms with E-state index >= 15 is 0 Å². The first kappa shape index (κ1) is 8.74. The molecule has 0 aromatic carbocycles. The average molecular weight is 237 g/mol. The van der Waals surface area contributed by atoms with Gasteiger partial charge in [0.15, 0.2) is 0 Å². The highest BCUT2D eigenvalue weighted by Gasteiger charge is 2.11. The van der Waals surface area contributed by atoms with Crippen LogP contribution in [0.4, 0.5) is 0 Å². The molecule has 0 amide bonds. The molecule has 3 nitrogen and oxygen atoms in total. The van der Waals surface area contributed by atoms with Crippen molar-refractivity contribution >= 4 is 32.8 Å². The van der Waals surface area contributed by atoms with Gasteiger partial charge in [0.2, 0.25) is 5.24 Å². The van der Waals surface area contributed by atoms with Gasteiger partial charge in [-0.3, -0.25) is 9.48 Å². The molecule has 11 heavy (non-hydrogen) atoms. The first-order chi connectivity index (χ1) is 5.11. The van der Waals surface area contributed by atoms with Crippen LogP contribution in [0.25, 0.3) is 0 Å². The number of halogens is 2. The summed E-state index contributed by atoms with van der Waals surface area (Å²) in [6.45, 7) is 1.69.